The smallest absolute Gasteiger partial charge is 0.322 e. The molecule has 0 aromatic carbocycles. The van der Waals surface area contributed by atoms with Crippen molar-refractivity contribution in [1.29, 1.82) is 0 Å². The van der Waals surface area contributed by atoms with Gasteiger partial charge in [0.05, 0.1) is 6.54 Å². The molecule has 1 heterocycles. The minimum Gasteiger partial charge on any atom is -0.480 e. The minimum atomic E-state index is -1.02. The number of carbonyl (C=O) groups is 2. The zero-order chi connectivity index (χ0) is 13.1. The molecule has 0 saturated heterocycles. The lowest BCUT2D eigenvalue weighted by molar-refractivity contribution is -0.139. The Morgan fingerprint density at radius 2 is 2.22 bits per heavy atom. The molecule has 3 N–H and O–H groups in total. The fourth-order valence-electron chi connectivity index (χ4n) is 1.28. The fourth-order valence-corrected chi connectivity index (χ4v) is 1.28. The molecule has 1 saturated carbocycles. The first-order valence-corrected chi connectivity index (χ1v) is 5.65. The van der Waals surface area contributed by atoms with Crippen molar-refractivity contribution in [3.05, 3.63) is 5.89 Å². The van der Waals surface area contributed by atoms with Crippen molar-refractivity contribution >= 4 is 17.9 Å². The summed E-state index contributed by atoms with van der Waals surface area (Å²) in [6.07, 6.45) is 2.07. The summed E-state index contributed by atoms with van der Waals surface area (Å²) in [5.74, 6) is -0.573. The monoisotopic (exact) mass is 254 g/mol. The maximum absolute atomic E-state index is 11.4. The summed E-state index contributed by atoms with van der Waals surface area (Å²) in [5, 5.41) is 21.1. The molecular weight excluding hydrogens is 240 g/mol. The molecule has 8 nitrogen and oxygen atoms in total. The van der Waals surface area contributed by atoms with Crippen molar-refractivity contribution in [2.24, 2.45) is 0 Å². The van der Waals surface area contributed by atoms with E-state index in [9.17, 15) is 9.59 Å². The van der Waals surface area contributed by atoms with Crippen molar-refractivity contribution in [3.63, 3.8) is 0 Å². The first kappa shape index (κ1) is 12.5. The van der Waals surface area contributed by atoms with E-state index in [1.54, 1.807) is 0 Å². The number of aromatic nitrogens is 2. The number of nitrogens with zero attached hydrogens (tertiary/aromatic N) is 2. The highest BCUT2D eigenvalue weighted by Crippen LogP contribution is 2.39. The van der Waals surface area contributed by atoms with Gasteiger partial charge in [0, 0.05) is 5.92 Å². The van der Waals surface area contributed by atoms with Gasteiger partial charge in [-0.2, -0.15) is 0 Å². The number of carbonyl (C=O) groups excluding carboxylic acids is 1. The first-order chi connectivity index (χ1) is 8.56. The van der Waals surface area contributed by atoms with E-state index in [2.05, 4.69) is 20.8 Å². The van der Waals surface area contributed by atoms with E-state index in [0.717, 1.165) is 12.8 Å². The van der Waals surface area contributed by atoms with Gasteiger partial charge in [0.25, 0.3) is 0 Å². The Labute approximate surface area is 103 Å². The molecule has 2 rings (SSSR count). The summed E-state index contributed by atoms with van der Waals surface area (Å²) < 4.78 is 5.23. The van der Waals surface area contributed by atoms with E-state index in [1.165, 1.54) is 6.92 Å². The molecule has 0 unspecified atom stereocenters. The Morgan fingerprint density at radius 3 is 2.83 bits per heavy atom. The van der Waals surface area contributed by atoms with E-state index in [-0.39, 0.29) is 12.6 Å². The molecule has 0 spiro atoms. The predicted molar refractivity (Wildman–Crippen MR) is 60.0 cm³/mol. The number of amides is 1. The van der Waals surface area contributed by atoms with Crippen LogP contribution >= 0.6 is 0 Å². The highest BCUT2D eigenvalue weighted by Gasteiger charge is 2.29. The summed E-state index contributed by atoms with van der Waals surface area (Å²) in [4.78, 5) is 22.0. The number of hydrogen-bond donors (Lipinski definition) is 3. The van der Waals surface area contributed by atoms with Crippen molar-refractivity contribution in [1.82, 2.24) is 15.5 Å². The Kier molecular flexibility index (Phi) is 3.56. The Balaban J connectivity index is 1.77. The molecule has 1 aromatic heterocycles. The summed E-state index contributed by atoms with van der Waals surface area (Å²) in [6.45, 7) is 1.32. The molecular formula is C10H14N4O4. The molecule has 1 atom stereocenters. The number of carboxylic acid groups (broad SMARTS) is 1. The van der Waals surface area contributed by atoms with E-state index < -0.39 is 17.9 Å². The Hall–Kier alpha value is -1.96. The van der Waals surface area contributed by atoms with Crippen molar-refractivity contribution in [3.8, 4) is 0 Å². The number of rotatable bonds is 6. The van der Waals surface area contributed by atoms with Gasteiger partial charge in [0.15, 0.2) is 0 Å². The molecule has 1 aromatic rings. The maximum Gasteiger partial charge on any atom is 0.322 e. The summed E-state index contributed by atoms with van der Waals surface area (Å²) >= 11 is 0. The lowest BCUT2D eigenvalue weighted by Gasteiger charge is -2.07. The van der Waals surface area contributed by atoms with Crippen LogP contribution in [-0.4, -0.2) is 39.8 Å². The lowest BCUT2D eigenvalue weighted by Crippen LogP contribution is -2.39. The molecule has 1 fully saturated rings. The normalized spacial score (nSPS) is 16.3. The average Bonchev–Trinajstić information content (AvgIpc) is 3.07. The van der Waals surface area contributed by atoms with E-state index in [0.29, 0.717) is 11.8 Å². The quantitative estimate of drug-likeness (QED) is 0.651. The molecule has 8 heteroatoms. The molecule has 18 heavy (non-hydrogen) atoms. The molecule has 0 bridgehead atoms. The molecule has 1 aliphatic carbocycles. The van der Waals surface area contributed by atoms with Gasteiger partial charge in [0.2, 0.25) is 11.8 Å². The van der Waals surface area contributed by atoms with Crippen LogP contribution < -0.4 is 10.6 Å². The maximum atomic E-state index is 11.4. The van der Waals surface area contributed by atoms with Gasteiger partial charge in [-0.05, 0) is 19.8 Å². The lowest BCUT2D eigenvalue weighted by atomic mass is 10.3. The highest BCUT2D eigenvalue weighted by molar-refractivity contribution is 5.90. The fraction of sp³-hybridized carbons (Fsp3) is 0.600. The van der Waals surface area contributed by atoms with Crippen LogP contribution in [0.5, 0.6) is 0 Å². The van der Waals surface area contributed by atoms with Crippen LogP contribution in [-0.2, 0) is 9.59 Å². The van der Waals surface area contributed by atoms with E-state index in [1.807, 2.05) is 0 Å². The largest absolute Gasteiger partial charge is 0.480 e. The third-order valence-corrected chi connectivity index (χ3v) is 2.55. The predicted octanol–water partition coefficient (Wildman–Crippen LogP) is -0.0518. The van der Waals surface area contributed by atoms with E-state index >= 15 is 0 Å². The topological polar surface area (TPSA) is 117 Å². The van der Waals surface area contributed by atoms with Crippen molar-refractivity contribution in [2.75, 3.05) is 11.9 Å². The number of anilines is 1. The Bertz CT molecular complexity index is 454. The highest BCUT2D eigenvalue weighted by atomic mass is 16.4. The zero-order valence-corrected chi connectivity index (χ0v) is 9.84. The average molecular weight is 254 g/mol. The van der Waals surface area contributed by atoms with Crippen molar-refractivity contribution < 1.29 is 19.1 Å². The van der Waals surface area contributed by atoms with Crippen LogP contribution in [0.3, 0.4) is 0 Å². The second kappa shape index (κ2) is 5.13. The van der Waals surface area contributed by atoms with Gasteiger partial charge in [-0.1, -0.05) is 5.10 Å². The molecule has 0 radical (unpaired) electrons. The number of aliphatic carboxylic acids is 1. The van der Waals surface area contributed by atoms with Gasteiger partial charge in [-0.25, -0.2) is 0 Å². The van der Waals surface area contributed by atoms with Crippen LogP contribution in [0.15, 0.2) is 4.42 Å². The standard InChI is InChI=1S/C10H14N4O4/c1-5(9(16)17)11-4-7(15)12-10-14-13-8(18-10)6-2-3-6/h5-6,11H,2-4H2,1H3,(H,16,17)(H,12,14,15)/t5-/m1/s1. The molecule has 1 amide bonds. The minimum absolute atomic E-state index is 0.0479. The SMILES string of the molecule is C[C@@H](NCC(=O)Nc1nnc(C2CC2)o1)C(=O)O. The second-order valence-corrected chi connectivity index (χ2v) is 4.21. The number of nitrogens with one attached hydrogen (secondary N) is 2. The summed E-state index contributed by atoms with van der Waals surface area (Å²) in [7, 11) is 0. The first-order valence-electron chi connectivity index (χ1n) is 5.65. The molecule has 1 aliphatic rings. The summed E-state index contributed by atoms with van der Waals surface area (Å²) in [6, 6.07) is -0.743. The molecule has 0 aliphatic heterocycles. The third kappa shape index (κ3) is 3.27. The van der Waals surface area contributed by atoms with Gasteiger partial charge < -0.3 is 9.52 Å². The van der Waals surface area contributed by atoms with Gasteiger partial charge in [0.1, 0.15) is 6.04 Å². The van der Waals surface area contributed by atoms with Crippen LogP contribution in [0.1, 0.15) is 31.6 Å². The van der Waals surface area contributed by atoms with E-state index in [4.69, 9.17) is 9.52 Å². The van der Waals surface area contributed by atoms with Gasteiger partial charge in [-0.15, -0.1) is 5.10 Å². The van der Waals surface area contributed by atoms with Crippen molar-refractivity contribution in [2.45, 2.75) is 31.7 Å². The third-order valence-electron chi connectivity index (χ3n) is 2.55. The zero-order valence-electron chi connectivity index (χ0n) is 9.84. The van der Waals surface area contributed by atoms with Crippen LogP contribution in [0.2, 0.25) is 0 Å². The Morgan fingerprint density at radius 1 is 1.50 bits per heavy atom. The van der Waals surface area contributed by atoms with Gasteiger partial charge >= 0.3 is 12.0 Å². The van der Waals surface area contributed by atoms with Crippen LogP contribution in [0, 0.1) is 0 Å². The number of carboxylic acids is 1. The molecule has 98 valence electrons. The summed E-state index contributed by atoms with van der Waals surface area (Å²) in [5.41, 5.74) is 0. The number of hydrogen-bond acceptors (Lipinski definition) is 6. The van der Waals surface area contributed by atoms with Gasteiger partial charge in [-0.3, -0.25) is 20.2 Å². The second-order valence-electron chi connectivity index (χ2n) is 4.21. The van der Waals surface area contributed by atoms with Crippen LogP contribution in [0.25, 0.3) is 0 Å². The van der Waals surface area contributed by atoms with Crippen LogP contribution in [0.4, 0.5) is 6.01 Å².